The third kappa shape index (κ3) is 1.89. The van der Waals surface area contributed by atoms with Crippen molar-refractivity contribution in [3.63, 3.8) is 0 Å². The van der Waals surface area contributed by atoms with Gasteiger partial charge in [0.25, 0.3) is 0 Å². The average Bonchev–Trinajstić information content (AvgIpc) is 2.53. The second-order valence-electron chi connectivity index (χ2n) is 6.27. The number of hydrogen-bond acceptors (Lipinski definition) is 5. The predicted octanol–water partition coefficient (Wildman–Crippen LogP) is 2.28. The molecule has 116 valence electrons. The second kappa shape index (κ2) is 4.83. The normalized spacial score (nSPS) is 26.6. The molecule has 0 radical (unpaired) electrons. The zero-order valence-corrected chi connectivity index (χ0v) is 12.1. The first-order valence-corrected chi connectivity index (χ1v) is 7.73. The van der Waals surface area contributed by atoms with Gasteiger partial charge in [-0.25, -0.2) is 4.79 Å². The van der Waals surface area contributed by atoms with Crippen molar-refractivity contribution in [1.82, 2.24) is 0 Å². The van der Waals surface area contributed by atoms with E-state index in [2.05, 4.69) is 0 Å². The Morgan fingerprint density at radius 1 is 1.05 bits per heavy atom. The highest BCUT2D eigenvalue weighted by molar-refractivity contribution is 5.83. The number of benzene rings is 1. The SMILES string of the molecule is O=c1ccc2ccc3c(c2o1)[C@H](O)[C@H](O)C1(CCCCC1)O3. The van der Waals surface area contributed by atoms with E-state index >= 15 is 0 Å². The summed E-state index contributed by atoms with van der Waals surface area (Å²) in [5, 5.41) is 22.0. The minimum Gasteiger partial charge on any atom is -0.484 e. The molecule has 0 amide bonds. The van der Waals surface area contributed by atoms with Gasteiger partial charge in [0.05, 0.1) is 5.56 Å². The molecule has 5 heteroatoms. The molecule has 1 saturated carbocycles. The molecule has 1 aromatic carbocycles. The lowest BCUT2D eigenvalue weighted by Gasteiger charge is -2.46. The Morgan fingerprint density at radius 2 is 1.77 bits per heavy atom. The van der Waals surface area contributed by atoms with Gasteiger partial charge in [-0.15, -0.1) is 0 Å². The van der Waals surface area contributed by atoms with Gasteiger partial charge in [0.1, 0.15) is 29.1 Å². The van der Waals surface area contributed by atoms with Crippen LogP contribution in [0.1, 0.15) is 43.8 Å². The first-order valence-electron chi connectivity index (χ1n) is 7.73. The highest BCUT2D eigenvalue weighted by Crippen LogP contribution is 2.48. The summed E-state index contributed by atoms with van der Waals surface area (Å²) >= 11 is 0. The van der Waals surface area contributed by atoms with Gasteiger partial charge in [0.2, 0.25) is 0 Å². The van der Waals surface area contributed by atoms with Crippen LogP contribution in [0.2, 0.25) is 0 Å². The first-order chi connectivity index (χ1) is 10.6. The Labute approximate surface area is 127 Å². The van der Waals surface area contributed by atoms with Gasteiger partial charge in [0.15, 0.2) is 0 Å². The molecule has 1 spiro atoms. The van der Waals surface area contributed by atoms with Gasteiger partial charge in [-0.05, 0) is 43.9 Å². The highest BCUT2D eigenvalue weighted by atomic mass is 16.5. The monoisotopic (exact) mass is 302 g/mol. The molecule has 2 aliphatic rings. The molecule has 2 atom stereocenters. The summed E-state index contributed by atoms with van der Waals surface area (Å²) in [6, 6.07) is 6.57. The van der Waals surface area contributed by atoms with Crippen LogP contribution in [0.15, 0.2) is 33.5 Å². The fourth-order valence-electron chi connectivity index (χ4n) is 3.78. The molecule has 5 nitrogen and oxygen atoms in total. The summed E-state index contributed by atoms with van der Waals surface area (Å²) in [5.41, 5.74) is -0.547. The lowest BCUT2D eigenvalue weighted by molar-refractivity contribution is -0.143. The number of ether oxygens (including phenoxy) is 1. The number of aliphatic hydroxyl groups is 2. The molecule has 4 rings (SSSR count). The lowest BCUT2D eigenvalue weighted by Crippen LogP contribution is -2.54. The maximum atomic E-state index is 11.5. The smallest absolute Gasteiger partial charge is 0.336 e. The van der Waals surface area contributed by atoms with Crippen molar-refractivity contribution >= 4 is 11.0 Å². The molecule has 0 unspecified atom stereocenters. The van der Waals surface area contributed by atoms with Crippen molar-refractivity contribution in [2.75, 3.05) is 0 Å². The van der Waals surface area contributed by atoms with Crippen LogP contribution < -0.4 is 10.4 Å². The van der Waals surface area contributed by atoms with E-state index in [1.54, 1.807) is 18.2 Å². The minimum atomic E-state index is -1.11. The van der Waals surface area contributed by atoms with E-state index in [1.807, 2.05) is 0 Å². The van der Waals surface area contributed by atoms with Crippen molar-refractivity contribution in [2.45, 2.75) is 49.9 Å². The molecule has 1 aromatic heterocycles. The van der Waals surface area contributed by atoms with E-state index in [1.165, 1.54) is 6.07 Å². The van der Waals surface area contributed by atoms with Crippen LogP contribution in [-0.2, 0) is 0 Å². The Hall–Kier alpha value is -1.85. The van der Waals surface area contributed by atoms with Crippen molar-refractivity contribution < 1.29 is 19.4 Å². The van der Waals surface area contributed by atoms with Crippen LogP contribution in [0.3, 0.4) is 0 Å². The van der Waals surface area contributed by atoms with Gasteiger partial charge in [0, 0.05) is 11.5 Å². The fraction of sp³-hybridized carbons (Fsp3) is 0.471. The summed E-state index contributed by atoms with van der Waals surface area (Å²) in [4.78, 5) is 11.5. The van der Waals surface area contributed by atoms with Crippen molar-refractivity contribution in [2.24, 2.45) is 0 Å². The van der Waals surface area contributed by atoms with Crippen LogP contribution in [0, 0.1) is 0 Å². The van der Waals surface area contributed by atoms with Crippen LogP contribution in [0.5, 0.6) is 5.75 Å². The molecule has 22 heavy (non-hydrogen) atoms. The number of aliphatic hydroxyl groups excluding tert-OH is 2. The topological polar surface area (TPSA) is 79.9 Å². The van der Waals surface area contributed by atoms with Crippen molar-refractivity contribution in [1.29, 1.82) is 0 Å². The van der Waals surface area contributed by atoms with Crippen molar-refractivity contribution in [3.05, 3.63) is 40.2 Å². The Kier molecular flexibility index (Phi) is 3.03. The summed E-state index contributed by atoms with van der Waals surface area (Å²) in [7, 11) is 0. The van der Waals surface area contributed by atoms with Crippen molar-refractivity contribution in [3.8, 4) is 5.75 Å². The van der Waals surface area contributed by atoms with Gasteiger partial charge in [-0.1, -0.05) is 6.42 Å². The zero-order valence-electron chi connectivity index (χ0n) is 12.1. The molecule has 1 aliphatic carbocycles. The van der Waals surface area contributed by atoms with Crippen LogP contribution in [0.25, 0.3) is 11.0 Å². The summed E-state index contributed by atoms with van der Waals surface area (Å²) in [6.07, 6.45) is 2.38. The third-order valence-corrected chi connectivity index (χ3v) is 4.94. The van der Waals surface area contributed by atoms with Crippen LogP contribution in [-0.4, -0.2) is 21.9 Å². The largest absolute Gasteiger partial charge is 0.484 e. The zero-order chi connectivity index (χ0) is 15.3. The summed E-state index contributed by atoms with van der Waals surface area (Å²) in [6.45, 7) is 0. The predicted molar refractivity (Wildman–Crippen MR) is 79.9 cm³/mol. The van der Waals surface area contributed by atoms with E-state index in [-0.39, 0.29) is 0 Å². The Bertz CT molecular complexity index is 772. The second-order valence-corrected chi connectivity index (χ2v) is 6.27. The molecule has 1 aliphatic heterocycles. The maximum Gasteiger partial charge on any atom is 0.336 e. The van der Waals surface area contributed by atoms with Gasteiger partial charge in [-0.3, -0.25) is 0 Å². The molecular formula is C17H18O5. The highest BCUT2D eigenvalue weighted by Gasteiger charge is 2.50. The van der Waals surface area contributed by atoms with Crippen LogP contribution >= 0.6 is 0 Å². The summed E-state index contributed by atoms with van der Waals surface area (Å²) in [5.74, 6) is 0.501. The fourth-order valence-corrected chi connectivity index (χ4v) is 3.78. The van der Waals surface area contributed by atoms with E-state index < -0.39 is 23.4 Å². The number of fused-ring (bicyclic) bond motifs is 3. The molecule has 2 aromatic rings. The van der Waals surface area contributed by atoms with E-state index in [4.69, 9.17) is 9.15 Å². The molecule has 2 heterocycles. The van der Waals surface area contributed by atoms with E-state index in [0.717, 1.165) is 32.1 Å². The molecular weight excluding hydrogens is 284 g/mol. The quantitative estimate of drug-likeness (QED) is 0.730. The molecule has 0 saturated heterocycles. The Morgan fingerprint density at radius 3 is 2.55 bits per heavy atom. The molecule has 0 bridgehead atoms. The lowest BCUT2D eigenvalue weighted by atomic mass is 9.75. The summed E-state index contributed by atoms with van der Waals surface area (Å²) < 4.78 is 11.4. The van der Waals surface area contributed by atoms with Crippen LogP contribution in [0.4, 0.5) is 0 Å². The first kappa shape index (κ1) is 13.8. The van der Waals surface area contributed by atoms with Gasteiger partial charge >= 0.3 is 5.63 Å². The molecule has 1 fully saturated rings. The average molecular weight is 302 g/mol. The Balaban J connectivity index is 1.91. The third-order valence-electron chi connectivity index (χ3n) is 4.94. The minimum absolute atomic E-state index is 0.294. The molecule has 2 N–H and O–H groups in total. The number of rotatable bonds is 0. The van der Waals surface area contributed by atoms with E-state index in [0.29, 0.717) is 22.3 Å². The van der Waals surface area contributed by atoms with Gasteiger partial charge < -0.3 is 19.4 Å². The maximum absolute atomic E-state index is 11.5. The van der Waals surface area contributed by atoms with E-state index in [9.17, 15) is 15.0 Å². The number of hydrogen-bond donors (Lipinski definition) is 2. The van der Waals surface area contributed by atoms with Gasteiger partial charge in [-0.2, -0.15) is 0 Å². The standard InChI is InChI=1S/C17H18O5/c18-12-7-5-10-4-6-11-13(15(10)21-12)14(19)16(20)17(22-11)8-2-1-3-9-17/h4-7,14,16,19-20H,1-3,8-9H2/t14-,16-/m0/s1.